The van der Waals surface area contributed by atoms with Gasteiger partial charge in [-0.05, 0) is 66.9 Å². The molecule has 4 rings (SSSR count). The number of amides is 1. The lowest BCUT2D eigenvalue weighted by Crippen LogP contribution is -2.30. The van der Waals surface area contributed by atoms with Gasteiger partial charge in [0.25, 0.3) is 11.7 Å². The number of Topliss-reactive ketones (excluding diaryl/α,β-unsaturated/α-hetero) is 1. The molecule has 1 aliphatic heterocycles. The van der Waals surface area contributed by atoms with Crippen molar-refractivity contribution < 1.29 is 24.2 Å². The highest BCUT2D eigenvalue weighted by molar-refractivity contribution is 6.51. The van der Waals surface area contributed by atoms with Crippen LogP contribution in [0.4, 0.5) is 5.69 Å². The van der Waals surface area contributed by atoms with Crippen molar-refractivity contribution in [3.05, 3.63) is 93.5 Å². The normalized spacial score (nSPS) is 17.2. The van der Waals surface area contributed by atoms with Crippen molar-refractivity contribution in [3.63, 3.8) is 0 Å². The number of nitrogens with zero attached hydrogens (tertiary/aromatic N) is 1. The first-order valence-corrected chi connectivity index (χ1v) is 11.0. The molecule has 1 fully saturated rings. The van der Waals surface area contributed by atoms with E-state index in [2.05, 4.69) is 0 Å². The van der Waals surface area contributed by atoms with Crippen LogP contribution in [-0.4, -0.2) is 31.0 Å². The molecule has 34 heavy (non-hydrogen) atoms. The number of methoxy groups -OCH3 is 2. The lowest BCUT2D eigenvalue weighted by molar-refractivity contribution is -0.132. The predicted octanol–water partition coefficient (Wildman–Crippen LogP) is 5.60. The summed E-state index contributed by atoms with van der Waals surface area (Å²) >= 11 is 6.26. The van der Waals surface area contributed by atoms with E-state index >= 15 is 0 Å². The molecule has 0 radical (unpaired) electrons. The van der Waals surface area contributed by atoms with Crippen LogP contribution in [0.15, 0.2) is 66.2 Å². The number of ether oxygens (including phenoxy) is 2. The van der Waals surface area contributed by atoms with E-state index < -0.39 is 17.7 Å². The number of carbonyl (C=O) groups is 2. The number of anilines is 1. The van der Waals surface area contributed by atoms with Crippen molar-refractivity contribution in [2.75, 3.05) is 19.1 Å². The van der Waals surface area contributed by atoms with Gasteiger partial charge in [-0.25, -0.2) is 0 Å². The number of halogens is 1. The van der Waals surface area contributed by atoms with Crippen LogP contribution < -0.4 is 14.4 Å². The second-order valence-electron chi connectivity index (χ2n) is 8.08. The first-order chi connectivity index (χ1) is 16.3. The molecule has 1 saturated heterocycles. The summed E-state index contributed by atoms with van der Waals surface area (Å²) in [5, 5.41) is 11.6. The molecule has 1 atom stereocenters. The highest BCUT2D eigenvalue weighted by atomic mass is 35.5. The van der Waals surface area contributed by atoms with E-state index in [1.54, 1.807) is 43.5 Å². The van der Waals surface area contributed by atoms with Crippen molar-refractivity contribution in [1.29, 1.82) is 0 Å². The molecule has 7 heteroatoms. The van der Waals surface area contributed by atoms with Gasteiger partial charge in [-0.2, -0.15) is 0 Å². The molecule has 1 unspecified atom stereocenters. The number of carbonyl (C=O) groups excluding carboxylic acids is 2. The van der Waals surface area contributed by atoms with Crippen LogP contribution >= 0.6 is 11.6 Å². The number of hydrogen-bond donors (Lipinski definition) is 1. The fourth-order valence-electron chi connectivity index (χ4n) is 4.16. The average Bonchev–Trinajstić information content (AvgIpc) is 3.10. The van der Waals surface area contributed by atoms with Gasteiger partial charge in [-0.3, -0.25) is 14.5 Å². The third-order valence-electron chi connectivity index (χ3n) is 5.90. The minimum absolute atomic E-state index is 0.0274. The minimum Gasteiger partial charge on any atom is -0.507 e. The number of aliphatic hydroxyl groups excluding tert-OH is 1. The van der Waals surface area contributed by atoms with E-state index in [0.29, 0.717) is 28.3 Å². The van der Waals surface area contributed by atoms with E-state index in [4.69, 9.17) is 21.1 Å². The molecular weight excluding hydrogens is 454 g/mol. The maximum absolute atomic E-state index is 13.4. The van der Waals surface area contributed by atoms with Crippen molar-refractivity contribution in [2.24, 2.45) is 0 Å². The smallest absolute Gasteiger partial charge is 0.300 e. The Hall–Kier alpha value is -3.77. The van der Waals surface area contributed by atoms with E-state index in [1.165, 1.54) is 18.1 Å². The molecule has 3 aromatic carbocycles. The maximum Gasteiger partial charge on any atom is 0.300 e. The van der Waals surface area contributed by atoms with Gasteiger partial charge in [-0.1, -0.05) is 35.9 Å². The van der Waals surface area contributed by atoms with E-state index in [-0.39, 0.29) is 16.4 Å². The predicted molar refractivity (Wildman–Crippen MR) is 132 cm³/mol. The molecule has 0 spiro atoms. The molecule has 0 aliphatic carbocycles. The Morgan fingerprint density at radius 2 is 1.74 bits per heavy atom. The molecule has 1 N–H and O–H groups in total. The molecule has 174 valence electrons. The Morgan fingerprint density at radius 1 is 0.971 bits per heavy atom. The SMILES string of the molecule is COc1cccc(C2/C(=C(/O)c3ccc(OC)c(Cl)c3)C(=O)C(=O)N2c2cc(C)ccc2C)c1. The highest BCUT2D eigenvalue weighted by Gasteiger charge is 2.47. The van der Waals surface area contributed by atoms with Gasteiger partial charge in [-0.15, -0.1) is 0 Å². The van der Waals surface area contributed by atoms with E-state index in [0.717, 1.165) is 11.1 Å². The fraction of sp³-hybridized carbons (Fsp3) is 0.185. The van der Waals surface area contributed by atoms with Crippen molar-refractivity contribution in [1.82, 2.24) is 0 Å². The summed E-state index contributed by atoms with van der Waals surface area (Å²) in [6.45, 7) is 3.79. The summed E-state index contributed by atoms with van der Waals surface area (Å²) in [7, 11) is 3.03. The summed E-state index contributed by atoms with van der Waals surface area (Å²) in [6.07, 6.45) is 0. The standard InChI is InChI=1S/C27H24ClNO5/c1-15-8-9-16(2)21(12-15)29-24(17-6-5-7-19(13-17)33-3)23(26(31)27(29)32)25(30)18-10-11-22(34-4)20(28)14-18/h5-14,24,30H,1-4H3/b25-23-. The number of benzene rings is 3. The number of ketones is 1. The average molecular weight is 478 g/mol. The third-order valence-corrected chi connectivity index (χ3v) is 6.20. The zero-order valence-corrected chi connectivity index (χ0v) is 20.0. The minimum atomic E-state index is -0.864. The van der Waals surface area contributed by atoms with E-state index in [1.807, 2.05) is 32.0 Å². The third kappa shape index (κ3) is 4.01. The van der Waals surface area contributed by atoms with Crippen LogP contribution in [0.25, 0.3) is 5.76 Å². The lowest BCUT2D eigenvalue weighted by atomic mass is 9.94. The summed E-state index contributed by atoms with van der Waals surface area (Å²) in [4.78, 5) is 28.2. The largest absolute Gasteiger partial charge is 0.507 e. The first-order valence-electron chi connectivity index (χ1n) is 10.6. The Kier molecular flexibility index (Phi) is 6.35. The van der Waals surface area contributed by atoms with Gasteiger partial charge in [0.05, 0.1) is 30.9 Å². The van der Waals surface area contributed by atoms with Crippen LogP contribution in [0.5, 0.6) is 11.5 Å². The number of rotatable bonds is 5. The molecule has 6 nitrogen and oxygen atoms in total. The molecule has 0 aromatic heterocycles. The lowest BCUT2D eigenvalue weighted by Gasteiger charge is -2.27. The van der Waals surface area contributed by atoms with Gasteiger partial charge in [0, 0.05) is 11.3 Å². The number of aliphatic hydroxyl groups is 1. The summed E-state index contributed by atoms with van der Waals surface area (Å²) in [5.41, 5.74) is 3.27. The molecule has 1 aliphatic rings. The first kappa shape index (κ1) is 23.4. The topological polar surface area (TPSA) is 76.1 Å². The molecule has 3 aromatic rings. The van der Waals surface area contributed by atoms with Crippen LogP contribution in [0.3, 0.4) is 0 Å². The molecule has 0 saturated carbocycles. The van der Waals surface area contributed by atoms with Gasteiger partial charge >= 0.3 is 0 Å². The quantitative estimate of drug-likeness (QED) is 0.294. The maximum atomic E-state index is 13.4. The summed E-state index contributed by atoms with van der Waals surface area (Å²) in [5.74, 6) is -0.820. The zero-order valence-electron chi connectivity index (χ0n) is 19.3. The number of aryl methyl sites for hydroxylation is 2. The molecule has 1 heterocycles. The van der Waals surface area contributed by atoms with Crippen LogP contribution in [0.2, 0.25) is 5.02 Å². The van der Waals surface area contributed by atoms with Gasteiger partial charge in [0.2, 0.25) is 0 Å². The monoisotopic (exact) mass is 477 g/mol. The number of hydrogen-bond acceptors (Lipinski definition) is 5. The Bertz CT molecular complexity index is 1330. The van der Waals surface area contributed by atoms with Crippen LogP contribution in [0.1, 0.15) is 28.3 Å². The Balaban J connectivity index is 1.98. The molecule has 0 bridgehead atoms. The summed E-state index contributed by atoms with van der Waals surface area (Å²) in [6, 6.07) is 16.6. The summed E-state index contributed by atoms with van der Waals surface area (Å²) < 4.78 is 10.6. The zero-order chi connectivity index (χ0) is 24.6. The van der Waals surface area contributed by atoms with Crippen molar-refractivity contribution in [2.45, 2.75) is 19.9 Å². The van der Waals surface area contributed by atoms with Crippen molar-refractivity contribution in [3.8, 4) is 11.5 Å². The van der Waals surface area contributed by atoms with Crippen LogP contribution in [-0.2, 0) is 9.59 Å². The molecular formula is C27H24ClNO5. The van der Waals surface area contributed by atoms with Crippen LogP contribution in [0, 0.1) is 13.8 Å². The Labute approximate surface area is 203 Å². The fourth-order valence-corrected chi connectivity index (χ4v) is 4.41. The van der Waals surface area contributed by atoms with E-state index in [9.17, 15) is 14.7 Å². The Morgan fingerprint density at radius 3 is 2.41 bits per heavy atom. The van der Waals surface area contributed by atoms with Gasteiger partial charge < -0.3 is 14.6 Å². The molecule has 1 amide bonds. The van der Waals surface area contributed by atoms with Gasteiger partial charge in [0.1, 0.15) is 17.3 Å². The second kappa shape index (κ2) is 9.23. The second-order valence-corrected chi connectivity index (χ2v) is 8.49. The van der Waals surface area contributed by atoms with Gasteiger partial charge in [0.15, 0.2) is 0 Å². The van der Waals surface area contributed by atoms with Crippen molar-refractivity contribution >= 4 is 34.7 Å². The highest BCUT2D eigenvalue weighted by Crippen LogP contribution is 2.44.